The van der Waals surface area contributed by atoms with E-state index in [2.05, 4.69) is 10.0 Å². The molecule has 0 aromatic carbocycles. The first-order valence-electron chi connectivity index (χ1n) is 6.06. The van der Waals surface area contributed by atoms with E-state index in [0.717, 1.165) is 0 Å². The molecule has 9 heteroatoms. The Balaban J connectivity index is 4.34. The van der Waals surface area contributed by atoms with Crippen molar-refractivity contribution in [3.63, 3.8) is 0 Å². The number of hydrogen-bond donors (Lipinski definition) is 3. The zero-order valence-corrected chi connectivity index (χ0v) is 12.0. The Kier molecular flexibility index (Phi) is 8.28. The van der Waals surface area contributed by atoms with Crippen LogP contribution in [0.2, 0.25) is 0 Å². The molecule has 0 saturated carbocycles. The average Bonchev–Trinajstić information content (AvgIpc) is 2.33. The van der Waals surface area contributed by atoms with E-state index in [0.29, 0.717) is 25.9 Å². The summed E-state index contributed by atoms with van der Waals surface area (Å²) >= 11 is 0. The van der Waals surface area contributed by atoms with Crippen LogP contribution in [0.4, 0.5) is 0 Å². The molecule has 8 nitrogen and oxygen atoms in total. The third-order valence-corrected chi connectivity index (χ3v) is 3.69. The van der Waals surface area contributed by atoms with Gasteiger partial charge < -0.3 is 10.4 Å². The van der Waals surface area contributed by atoms with Gasteiger partial charge in [0.05, 0.1) is 6.54 Å². The number of carboxylic acids is 1. The summed E-state index contributed by atoms with van der Waals surface area (Å²) in [7, 11) is -3.71. The zero-order chi connectivity index (χ0) is 14.9. The molecule has 0 aliphatic rings. The molecule has 0 unspecified atom stereocenters. The number of aliphatic carboxylic acids is 1. The van der Waals surface area contributed by atoms with Gasteiger partial charge >= 0.3 is 5.97 Å². The molecule has 0 aromatic rings. The van der Waals surface area contributed by atoms with Crippen LogP contribution in [0, 0.1) is 0 Å². The molecule has 0 radical (unpaired) electrons. The van der Waals surface area contributed by atoms with E-state index in [-0.39, 0.29) is 0 Å². The van der Waals surface area contributed by atoms with Crippen molar-refractivity contribution in [2.45, 2.75) is 26.7 Å². The molecule has 19 heavy (non-hydrogen) atoms. The average molecular weight is 295 g/mol. The second-order valence-corrected chi connectivity index (χ2v) is 5.65. The molecule has 0 heterocycles. The predicted octanol–water partition coefficient (Wildman–Crippen LogP) is -0.856. The van der Waals surface area contributed by atoms with Crippen LogP contribution in [0.5, 0.6) is 0 Å². The molecular weight excluding hydrogens is 274 g/mol. The van der Waals surface area contributed by atoms with Gasteiger partial charge in [-0.05, 0) is 12.8 Å². The van der Waals surface area contributed by atoms with Crippen molar-refractivity contribution in [3.05, 3.63) is 0 Å². The quantitative estimate of drug-likeness (QED) is 0.485. The molecule has 0 saturated heterocycles. The molecule has 0 bridgehead atoms. The van der Waals surface area contributed by atoms with Crippen LogP contribution in [0.15, 0.2) is 0 Å². The van der Waals surface area contributed by atoms with Gasteiger partial charge in [-0.3, -0.25) is 9.59 Å². The van der Waals surface area contributed by atoms with E-state index in [9.17, 15) is 18.0 Å². The lowest BCUT2D eigenvalue weighted by Gasteiger charge is -2.20. The lowest BCUT2D eigenvalue weighted by molar-refractivity contribution is -0.137. The standard InChI is InChI=1S/C10H21N3O5S/c1-3-5-13(6-4-2)19(17,18)12-7-9(14)11-8-10(15)16/h12H,3-8H2,1-2H3,(H,11,14)(H,15,16). The molecule has 0 spiro atoms. The minimum absolute atomic E-state index is 0.375. The Morgan fingerprint density at radius 2 is 1.63 bits per heavy atom. The van der Waals surface area contributed by atoms with Crippen LogP contribution in [0.3, 0.4) is 0 Å². The summed E-state index contributed by atoms with van der Waals surface area (Å²) in [6, 6.07) is 0. The van der Waals surface area contributed by atoms with Gasteiger partial charge in [0.2, 0.25) is 5.91 Å². The number of nitrogens with one attached hydrogen (secondary N) is 2. The molecule has 0 atom stereocenters. The largest absolute Gasteiger partial charge is 0.480 e. The SMILES string of the molecule is CCCN(CCC)S(=O)(=O)NCC(=O)NCC(=O)O. The van der Waals surface area contributed by atoms with Gasteiger partial charge in [-0.25, -0.2) is 0 Å². The fourth-order valence-corrected chi connectivity index (χ4v) is 2.68. The van der Waals surface area contributed by atoms with Crippen molar-refractivity contribution < 1.29 is 23.1 Å². The molecule has 3 N–H and O–H groups in total. The lowest BCUT2D eigenvalue weighted by Crippen LogP contribution is -2.46. The van der Waals surface area contributed by atoms with E-state index >= 15 is 0 Å². The Morgan fingerprint density at radius 3 is 2.05 bits per heavy atom. The summed E-state index contributed by atoms with van der Waals surface area (Å²) in [5, 5.41) is 10.4. The first-order chi connectivity index (χ1) is 8.83. The minimum atomic E-state index is -3.71. The van der Waals surface area contributed by atoms with Crippen LogP contribution in [0.25, 0.3) is 0 Å². The summed E-state index contributed by atoms with van der Waals surface area (Å²) in [6.45, 7) is 3.46. The van der Waals surface area contributed by atoms with Crippen LogP contribution in [-0.4, -0.2) is 55.9 Å². The van der Waals surface area contributed by atoms with E-state index < -0.39 is 35.2 Å². The van der Waals surface area contributed by atoms with Gasteiger partial charge in [-0.1, -0.05) is 13.8 Å². The van der Waals surface area contributed by atoms with E-state index in [1.807, 2.05) is 13.8 Å². The second-order valence-electron chi connectivity index (χ2n) is 3.90. The van der Waals surface area contributed by atoms with Crippen molar-refractivity contribution in [3.8, 4) is 0 Å². The number of carbonyl (C=O) groups is 2. The normalized spacial score (nSPS) is 11.5. The van der Waals surface area contributed by atoms with Crippen LogP contribution >= 0.6 is 0 Å². The Morgan fingerprint density at radius 1 is 1.11 bits per heavy atom. The maximum atomic E-state index is 11.9. The number of amides is 1. The number of nitrogens with zero attached hydrogens (tertiary/aromatic N) is 1. The first kappa shape index (κ1) is 17.8. The summed E-state index contributed by atoms with van der Waals surface area (Å²) in [5.74, 6) is -1.87. The second kappa shape index (κ2) is 8.83. The van der Waals surface area contributed by atoms with Gasteiger partial charge in [0, 0.05) is 13.1 Å². The number of carbonyl (C=O) groups excluding carboxylic acids is 1. The predicted molar refractivity (Wildman–Crippen MR) is 69.7 cm³/mol. The van der Waals surface area contributed by atoms with Gasteiger partial charge in [0.15, 0.2) is 0 Å². The highest BCUT2D eigenvalue weighted by Crippen LogP contribution is 2.00. The highest BCUT2D eigenvalue weighted by Gasteiger charge is 2.20. The maximum Gasteiger partial charge on any atom is 0.322 e. The molecule has 112 valence electrons. The van der Waals surface area contributed by atoms with Crippen molar-refractivity contribution in [1.29, 1.82) is 0 Å². The maximum absolute atomic E-state index is 11.9. The van der Waals surface area contributed by atoms with Crippen molar-refractivity contribution >= 4 is 22.1 Å². The van der Waals surface area contributed by atoms with Crippen molar-refractivity contribution in [2.75, 3.05) is 26.2 Å². The zero-order valence-electron chi connectivity index (χ0n) is 11.2. The fourth-order valence-electron chi connectivity index (χ4n) is 1.34. The highest BCUT2D eigenvalue weighted by molar-refractivity contribution is 7.87. The van der Waals surface area contributed by atoms with E-state index in [4.69, 9.17) is 5.11 Å². The van der Waals surface area contributed by atoms with E-state index in [1.165, 1.54) is 4.31 Å². The number of carboxylic acid groups (broad SMARTS) is 1. The van der Waals surface area contributed by atoms with Gasteiger partial charge in [-0.2, -0.15) is 17.4 Å². The highest BCUT2D eigenvalue weighted by atomic mass is 32.2. The lowest BCUT2D eigenvalue weighted by atomic mass is 10.4. The molecule has 1 amide bonds. The third-order valence-electron chi connectivity index (χ3n) is 2.14. The molecule has 0 rings (SSSR count). The molecule has 0 fully saturated rings. The topological polar surface area (TPSA) is 116 Å². The molecule has 0 aliphatic carbocycles. The number of hydrogen-bond acceptors (Lipinski definition) is 4. The summed E-state index contributed by atoms with van der Waals surface area (Å²) in [6.07, 6.45) is 1.35. The van der Waals surface area contributed by atoms with Gasteiger partial charge in [0.25, 0.3) is 10.2 Å². The summed E-state index contributed by atoms with van der Waals surface area (Å²) in [4.78, 5) is 21.4. The van der Waals surface area contributed by atoms with Gasteiger partial charge in [-0.15, -0.1) is 0 Å². The van der Waals surface area contributed by atoms with Crippen LogP contribution in [-0.2, 0) is 19.8 Å². The molecular formula is C10H21N3O5S. The Bertz CT molecular complexity index is 390. The van der Waals surface area contributed by atoms with Crippen molar-refractivity contribution in [1.82, 2.24) is 14.3 Å². The third kappa shape index (κ3) is 7.75. The van der Waals surface area contributed by atoms with Gasteiger partial charge in [0.1, 0.15) is 6.54 Å². The van der Waals surface area contributed by atoms with Crippen LogP contribution in [0.1, 0.15) is 26.7 Å². The Labute approximate surface area is 113 Å². The van der Waals surface area contributed by atoms with E-state index in [1.54, 1.807) is 0 Å². The molecule has 0 aliphatic heterocycles. The monoisotopic (exact) mass is 295 g/mol. The smallest absolute Gasteiger partial charge is 0.322 e. The Hall–Kier alpha value is -1.19. The molecule has 0 aromatic heterocycles. The summed E-state index contributed by atoms with van der Waals surface area (Å²) < 4.78 is 27.2. The van der Waals surface area contributed by atoms with Crippen molar-refractivity contribution in [2.24, 2.45) is 0 Å². The number of rotatable bonds is 10. The minimum Gasteiger partial charge on any atom is -0.480 e. The summed E-state index contributed by atoms with van der Waals surface area (Å²) in [5.41, 5.74) is 0. The van der Waals surface area contributed by atoms with Crippen LogP contribution < -0.4 is 10.0 Å². The fraction of sp³-hybridized carbons (Fsp3) is 0.800. The first-order valence-corrected chi connectivity index (χ1v) is 7.50.